The zero-order valence-electron chi connectivity index (χ0n) is 11.1. The van der Waals surface area contributed by atoms with Crippen molar-refractivity contribution < 1.29 is 19.4 Å². The first-order chi connectivity index (χ1) is 9.12. The predicted octanol–water partition coefficient (Wildman–Crippen LogP) is 1.13. The molecule has 3 rings (SSSR count). The van der Waals surface area contributed by atoms with Crippen LogP contribution in [0.15, 0.2) is 0 Å². The van der Waals surface area contributed by atoms with Crippen LogP contribution in [0, 0.1) is 17.3 Å². The third-order valence-electron chi connectivity index (χ3n) is 5.06. The molecule has 0 bridgehead atoms. The fraction of sp³-hybridized carbons (Fsp3) is 0.857. The van der Waals surface area contributed by atoms with E-state index in [0.29, 0.717) is 13.0 Å². The lowest BCUT2D eigenvalue weighted by Gasteiger charge is -2.32. The number of aliphatic carboxylic acids is 1. The van der Waals surface area contributed by atoms with Crippen LogP contribution in [0.4, 0.5) is 0 Å². The molecule has 0 unspecified atom stereocenters. The maximum atomic E-state index is 12.5. The minimum Gasteiger partial charge on any atom is -0.481 e. The van der Waals surface area contributed by atoms with Crippen molar-refractivity contribution in [1.82, 2.24) is 4.90 Å². The van der Waals surface area contributed by atoms with Gasteiger partial charge in [0, 0.05) is 32.2 Å². The van der Waals surface area contributed by atoms with Gasteiger partial charge in [-0.1, -0.05) is 0 Å². The zero-order chi connectivity index (χ0) is 13.5. The Morgan fingerprint density at radius 2 is 2.00 bits per heavy atom. The van der Waals surface area contributed by atoms with Crippen LogP contribution in [-0.4, -0.2) is 48.2 Å². The maximum absolute atomic E-state index is 12.5. The van der Waals surface area contributed by atoms with Crippen molar-refractivity contribution in [3.05, 3.63) is 0 Å². The highest BCUT2D eigenvalue weighted by atomic mass is 16.5. The predicted molar refractivity (Wildman–Crippen MR) is 67.5 cm³/mol. The van der Waals surface area contributed by atoms with E-state index in [2.05, 4.69) is 0 Å². The van der Waals surface area contributed by atoms with Crippen LogP contribution < -0.4 is 0 Å². The second-order valence-corrected chi connectivity index (χ2v) is 6.19. The van der Waals surface area contributed by atoms with Gasteiger partial charge in [-0.25, -0.2) is 0 Å². The Bertz CT molecular complexity index is 389. The third-order valence-corrected chi connectivity index (χ3v) is 5.06. The molecule has 3 fully saturated rings. The molecule has 1 aliphatic carbocycles. The molecule has 19 heavy (non-hydrogen) atoms. The molecule has 5 nitrogen and oxygen atoms in total. The van der Waals surface area contributed by atoms with Crippen LogP contribution in [0.1, 0.15) is 32.1 Å². The van der Waals surface area contributed by atoms with Crippen LogP contribution in [-0.2, 0) is 14.3 Å². The van der Waals surface area contributed by atoms with Crippen molar-refractivity contribution in [2.45, 2.75) is 32.1 Å². The summed E-state index contributed by atoms with van der Waals surface area (Å²) in [5.41, 5.74) is 0.186. The molecule has 0 radical (unpaired) electrons. The molecule has 0 aromatic heterocycles. The fourth-order valence-corrected chi connectivity index (χ4v) is 3.63. The topological polar surface area (TPSA) is 66.8 Å². The van der Waals surface area contributed by atoms with Gasteiger partial charge in [0.15, 0.2) is 0 Å². The molecule has 1 saturated carbocycles. The highest BCUT2D eigenvalue weighted by molar-refractivity contribution is 5.83. The lowest BCUT2D eigenvalue weighted by atomic mass is 9.92. The average Bonchev–Trinajstić information content (AvgIpc) is 3.12. The number of hydrogen-bond donors (Lipinski definition) is 1. The van der Waals surface area contributed by atoms with E-state index in [1.807, 2.05) is 0 Å². The van der Waals surface area contributed by atoms with Gasteiger partial charge in [-0.15, -0.1) is 0 Å². The molecule has 0 aromatic rings. The fourth-order valence-electron chi connectivity index (χ4n) is 3.63. The van der Waals surface area contributed by atoms with Gasteiger partial charge in [0.2, 0.25) is 5.91 Å². The first-order valence-corrected chi connectivity index (χ1v) is 7.22. The number of rotatable bonds is 2. The van der Waals surface area contributed by atoms with E-state index in [1.165, 1.54) is 0 Å². The van der Waals surface area contributed by atoms with E-state index < -0.39 is 5.97 Å². The van der Waals surface area contributed by atoms with Crippen molar-refractivity contribution in [3.8, 4) is 0 Å². The Kier molecular flexibility index (Phi) is 3.25. The summed E-state index contributed by atoms with van der Waals surface area (Å²) in [4.78, 5) is 25.3. The van der Waals surface area contributed by atoms with Gasteiger partial charge in [0.1, 0.15) is 0 Å². The molecular weight excluding hydrogens is 246 g/mol. The maximum Gasteiger partial charge on any atom is 0.308 e. The van der Waals surface area contributed by atoms with E-state index in [-0.39, 0.29) is 23.2 Å². The summed E-state index contributed by atoms with van der Waals surface area (Å²) in [7, 11) is 0. The van der Waals surface area contributed by atoms with Crippen LogP contribution >= 0.6 is 0 Å². The van der Waals surface area contributed by atoms with Gasteiger partial charge >= 0.3 is 5.97 Å². The van der Waals surface area contributed by atoms with Crippen molar-refractivity contribution in [2.24, 2.45) is 17.3 Å². The monoisotopic (exact) mass is 267 g/mol. The van der Waals surface area contributed by atoms with Gasteiger partial charge in [0.05, 0.1) is 5.92 Å². The summed E-state index contributed by atoms with van der Waals surface area (Å²) in [6.45, 7) is 2.66. The molecule has 1 amide bonds. The highest BCUT2D eigenvalue weighted by Crippen LogP contribution is 2.59. The largest absolute Gasteiger partial charge is 0.481 e. The number of piperidine rings is 1. The number of carbonyl (C=O) groups excluding carboxylic acids is 1. The lowest BCUT2D eigenvalue weighted by molar-refractivity contribution is -0.146. The second-order valence-electron chi connectivity index (χ2n) is 6.19. The molecule has 2 saturated heterocycles. The molecular formula is C14H21NO4. The number of hydrogen-bond acceptors (Lipinski definition) is 3. The zero-order valence-corrected chi connectivity index (χ0v) is 11.1. The normalized spacial score (nSPS) is 33.2. The van der Waals surface area contributed by atoms with Crippen molar-refractivity contribution >= 4 is 11.9 Å². The van der Waals surface area contributed by atoms with Gasteiger partial charge < -0.3 is 14.7 Å². The summed E-state index contributed by atoms with van der Waals surface area (Å²) < 4.78 is 5.36. The van der Waals surface area contributed by atoms with E-state index in [0.717, 1.165) is 45.4 Å². The van der Waals surface area contributed by atoms with E-state index in [1.54, 1.807) is 4.90 Å². The number of carboxylic acids is 1. The van der Waals surface area contributed by atoms with Gasteiger partial charge in [-0.2, -0.15) is 0 Å². The standard InChI is InChI=1S/C14H21NO4/c16-12(11-8-14(11)3-6-19-7-4-14)15-5-1-2-10(9-15)13(17)18/h10-11H,1-9H2,(H,17,18)/t10-,11+/m1/s1. The minimum atomic E-state index is -0.769. The summed E-state index contributed by atoms with van der Waals surface area (Å²) in [5, 5.41) is 9.08. The molecule has 106 valence electrons. The minimum absolute atomic E-state index is 0.129. The van der Waals surface area contributed by atoms with Crippen molar-refractivity contribution in [1.29, 1.82) is 0 Å². The lowest BCUT2D eigenvalue weighted by Crippen LogP contribution is -2.43. The van der Waals surface area contributed by atoms with Crippen molar-refractivity contribution in [2.75, 3.05) is 26.3 Å². The smallest absolute Gasteiger partial charge is 0.308 e. The molecule has 3 aliphatic rings. The first kappa shape index (κ1) is 12.9. The average molecular weight is 267 g/mol. The molecule has 2 aliphatic heterocycles. The second kappa shape index (κ2) is 4.78. The number of amides is 1. The van der Waals surface area contributed by atoms with E-state index >= 15 is 0 Å². The molecule has 1 N–H and O–H groups in total. The molecule has 2 atom stereocenters. The Balaban J connectivity index is 1.60. The summed E-state index contributed by atoms with van der Waals surface area (Å²) >= 11 is 0. The Labute approximate surface area is 112 Å². The number of carboxylic acid groups (broad SMARTS) is 1. The van der Waals surface area contributed by atoms with Crippen LogP contribution in [0.2, 0.25) is 0 Å². The SMILES string of the molecule is O=C(O)[C@@H]1CCCN(C(=O)[C@@H]2CC23CCOCC3)C1. The Morgan fingerprint density at radius 3 is 2.68 bits per heavy atom. The number of ether oxygens (including phenoxy) is 1. The van der Waals surface area contributed by atoms with E-state index in [4.69, 9.17) is 9.84 Å². The van der Waals surface area contributed by atoms with E-state index in [9.17, 15) is 9.59 Å². The molecule has 0 aromatic carbocycles. The quantitative estimate of drug-likeness (QED) is 0.814. The Hall–Kier alpha value is -1.10. The number of likely N-dealkylation sites (tertiary alicyclic amines) is 1. The number of nitrogens with zero attached hydrogens (tertiary/aromatic N) is 1. The van der Waals surface area contributed by atoms with Crippen LogP contribution in [0.3, 0.4) is 0 Å². The first-order valence-electron chi connectivity index (χ1n) is 7.22. The third kappa shape index (κ3) is 2.36. The van der Waals surface area contributed by atoms with Gasteiger partial charge in [0.25, 0.3) is 0 Å². The van der Waals surface area contributed by atoms with Gasteiger partial charge in [-0.05, 0) is 37.5 Å². The molecule has 5 heteroatoms. The molecule has 2 heterocycles. The van der Waals surface area contributed by atoms with Crippen LogP contribution in [0.25, 0.3) is 0 Å². The van der Waals surface area contributed by atoms with Crippen molar-refractivity contribution in [3.63, 3.8) is 0 Å². The van der Waals surface area contributed by atoms with Gasteiger partial charge in [-0.3, -0.25) is 9.59 Å². The summed E-state index contributed by atoms with van der Waals surface area (Å²) in [5.74, 6) is -0.826. The summed E-state index contributed by atoms with van der Waals surface area (Å²) in [6.07, 6.45) is 4.46. The molecule has 1 spiro atoms. The highest BCUT2D eigenvalue weighted by Gasteiger charge is 2.59. The number of carbonyl (C=O) groups is 2. The Morgan fingerprint density at radius 1 is 1.26 bits per heavy atom. The summed E-state index contributed by atoms with van der Waals surface area (Å²) in [6, 6.07) is 0. The van der Waals surface area contributed by atoms with Crippen LogP contribution in [0.5, 0.6) is 0 Å².